The highest BCUT2D eigenvalue weighted by atomic mass is 16.4. The lowest BCUT2D eigenvalue weighted by Gasteiger charge is -2.11. The van der Waals surface area contributed by atoms with Gasteiger partial charge in [-0.3, -0.25) is 0 Å². The predicted molar refractivity (Wildman–Crippen MR) is 108 cm³/mol. The van der Waals surface area contributed by atoms with Crippen molar-refractivity contribution in [1.29, 1.82) is 0 Å². The van der Waals surface area contributed by atoms with E-state index in [9.17, 15) is 19.8 Å². The molecule has 0 amide bonds. The van der Waals surface area contributed by atoms with Gasteiger partial charge in [-0.15, -0.1) is 0 Å². The van der Waals surface area contributed by atoms with Crippen molar-refractivity contribution in [3.63, 3.8) is 0 Å². The molecule has 0 spiro atoms. The van der Waals surface area contributed by atoms with Gasteiger partial charge in [0.15, 0.2) is 0 Å². The molecule has 9 nitrogen and oxygen atoms in total. The molecule has 2 rings (SSSR count). The van der Waals surface area contributed by atoms with Crippen molar-refractivity contribution in [1.82, 2.24) is 9.13 Å². The van der Waals surface area contributed by atoms with Crippen molar-refractivity contribution in [2.45, 2.75) is 71.5 Å². The van der Waals surface area contributed by atoms with Gasteiger partial charge in [-0.25, -0.2) is 18.3 Å². The molecule has 9 heteroatoms. The van der Waals surface area contributed by atoms with Crippen LogP contribution in [0.5, 0.6) is 0 Å². The normalized spacial score (nSPS) is 11.0. The molecule has 0 radical (unpaired) electrons. The van der Waals surface area contributed by atoms with Crippen molar-refractivity contribution in [3.05, 3.63) is 37.4 Å². The van der Waals surface area contributed by atoms with E-state index in [1.807, 2.05) is 14.1 Å². The first-order chi connectivity index (χ1) is 14.2. The first kappa shape index (κ1) is 27.3. The summed E-state index contributed by atoms with van der Waals surface area (Å²) in [6, 6.07) is -1.21. The first-order valence-corrected chi connectivity index (χ1v) is 10.4. The van der Waals surface area contributed by atoms with Gasteiger partial charge in [0.05, 0.1) is 33.2 Å². The number of unbranched alkanes of at least 4 members (excludes halogenated alkanes) is 2. The molecule has 0 aliphatic rings. The molecule has 0 fully saturated rings. The van der Waals surface area contributed by atoms with Crippen LogP contribution in [0, 0.1) is 0 Å². The Bertz CT molecular complexity index is 682. The number of aromatic nitrogens is 4. The van der Waals surface area contributed by atoms with Crippen LogP contribution in [0.15, 0.2) is 37.4 Å². The summed E-state index contributed by atoms with van der Waals surface area (Å²) in [5, 5.41) is 19.6. The lowest BCUT2D eigenvalue weighted by atomic mass is 10.2. The summed E-state index contributed by atoms with van der Waals surface area (Å²) in [6.45, 7) is 6.72. The van der Waals surface area contributed by atoms with E-state index < -0.39 is 18.0 Å². The zero-order valence-electron chi connectivity index (χ0n) is 18.7. The monoisotopic (exact) mass is 423 g/mol. The van der Waals surface area contributed by atoms with Gasteiger partial charge in [0.25, 0.3) is 0 Å². The van der Waals surface area contributed by atoms with Crippen molar-refractivity contribution in [2.24, 2.45) is 19.8 Å². The number of hydrogen-bond acceptors (Lipinski definition) is 5. The fourth-order valence-corrected chi connectivity index (χ4v) is 2.34. The topological polar surface area (TPSA) is 124 Å². The second-order valence-electron chi connectivity index (χ2n) is 7.18. The van der Waals surface area contributed by atoms with Crippen LogP contribution in [0.1, 0.15) is 52.4 Å². The summed E-state index contributed by atoms with van der Waals surface area (Å²) in [5.74, 6) is -2.75. The van der Waals surface area contributed by atoms with Gasteiger partial charge >= 0.3 is 0 Å². The van der Waals surface area contributed by atoms with E-state index in [1.165, 1.54) is 25.7 Å². The molecule has 30 heavy (non-hydrogen) atoms. The van der Waals surface area contributed by atoms with Crippen LogP contribution in [0.2, 0.25) is 0 Å². The zero-order valence-corrected chi connectivity index (χ0v) is 18.7. The Morgan fingerprint density at radius 3 is 1.63 bits per heavy atom. The Labute approximate surface area is 179 Å². The van der Waals surface area contributed by atoms with E-state index in [4.69, 9.17) is 5.73 Å². The van der Waals surface area contributed by atoms with Crippen molar-refractivity contribution >= 4 is 11.9 Å². The maximum absolute atomic E-state index is 9.86. The number of carbonyl (C=O) groups excluding carboxylic acids is 2. The predicted octanol–water partition coefficient (Wildman–Crippen LogP) is -1.18. The van der Waals surface area contributed by atoms with Crippen LogP contribution >= 0.6 is 0 Å². The third-order valence-electron chi connectivity index (χ3n) is 4.15. The van der Waals surface area contributed by atoms with E-state index in [2.05, 4.69) is 69.6 Å². The smallest absolute Gasteiger partial charge is 0.243 e. The van der Waals surface area contributed by atoms with Gasteiger partial charge < -0.3 is 25.5 Å². The number of rotatable bonds is 10. The van der Waals surface area contributed by atoms with Gasteiger partial charge in [0, 0.05) is 12.0 Å². The Morgan fingerprint density at radius 2 is 1.37 bits per heavy atom. The summed E-state index contributed by atoms with van der Waals surface area (Å²) >= 11 is 0. The van der Waals surface area contributed by atoms with Crippen molar-refractivity contribution in [3.8, 4) is 0 Å². The summed E-state index contributed by atoms with van der Waals surface area (Å²) in [7, 11) is 4.09. The van der Waals surface area contributed by atoms with Crippen LogP contribution in [0.25, 0.3) is 0 Å². The number of carbonyl (C=O) groups is 2. The molecule has 0 saturated heterocycles. The fraction of sp³-hybridized carbons (Fsp3) is 0.619. The van der Waals surface area contributed by atoms with Gasteiger partial charge in [-0.05, 0) is 25.7 Å². The maximum Gasteiger partial charge on any atom is 0.243 e. The van der Waals surface area contributed by atoms with Crippen LogP contribution in [-0.2, 0) is 36.8 Å². The molecule has 0 saturated carbocycles. The summed E-state index contributed by atoms with van der Waals surface area (Å²) in [4.78, 5) is 19.6. The average Bonchev–Trinajstić information content (AvgIpc) is 3.31. The number of aliphatic carboxylic acids is 2. The minimum absolute atomic E-state index is 0.148. The molecule has 0 aromatic carbocycles. The second-order valence-corrected chi connectivity index (χ2v) is 7.18. The molecule has 2 N–H and O–H groups in total. The Balaban J connectivity index is 0.000000420. The zero-order chi connectivity index (χ0) is 22.9. The molecule has 0 aliphatic heterocycles. The van der Waals surface area contributed by atoms with Crippen LogP contribution < -0.4 is 25.1 Å². The van der Waals surface area contributed by atoms with E-state index in [-0.39, 0.29) is 12.8 Å². The van der Waals surface area contributed by atoms with Gasteiger partial charge in [-0.1, -0.05) is 26.7 Å². The number of nitrogens with two attached hydrogens (primary N) is 1. The third kappa shape index (κ3) is 14.3. The highest BCUT2D eigenvalue weighted by Crippen LogP contribution is 1.90. The third-order valence-corrected chi connectivity index (χ3v) is 4.15. The fourth-order valence-electron chi connectivity index (χ4n) is 2.34. The Morgan fingerprint density at radius 1 is 0.933 bits per heavy atom. The summed E-state index contributed by atoms with van der Waals surface area (Å²) in [5.41, 5.74) is 4.91. The van der Waals surface area contributed by atoms with Crippen molar-refractivity contribution < 1.29 is 28.9 Å². The van der Waals surface area contributed by atoms with E-state index >= 15 is 0 Å². The van der Waals surface area contributed by atoms with Gasteiger partial charge in [0.2, 0.25) is 12.7 Å². The minimum Gasteiger partial charge on any atom is -0.550 e. The number of carboxylic acids is 2. The molecule has 1 atom stereocenters. The molecule has 0 bridgehead atoms. The first-order valence-electron chi connectivity index (χ1n) is 10.4. The summed E-state index contributed by atoms with van der Waals surface area (Å²) in [6.07, 6.45) is 17.1. The van der Waals surface area contributed by atoms with E-state index in [0.29, 0.717) is 0 Å². The van der Waals surface area contributed by atoms with Crippen molar-refractivity contribution in [2.75, 3.05) is 0 Å². The molecule has 0 aliphatic carbocycles. The molecule has 2 heterocycles. The Hall–Kier alpha value is -2.68. The molecular formula is C21H37N5O4. The maximum atomic E-state index is 9.86. The van der Waals surface area contributed by atoms with E-state index in [1.54, 1.807) is 0 Å². The number of aryl methyl sites for hydroxylation is 4. The Kier molecular flexibility index (Phi) is 14.7. The van der Waals surface area contributed by atoms with Gasteiger partial charge in [-0.2, -0.15) is 0 Å². The molecule has 170 valence electrons. The summed E-state index contributed by atoms with van der Waals surface area (Å²) < 4.78 is 8.55. The average molecular weight is 424 g/mol. The largest absolute Gasteiger partial charge is 0.550 e. The quantitative estimate of drug-likeness (QED) is 0.482. The lowest BCUT2D eigenvalue weighted by molar-refractivity contribution is -0.696. The molecule has 2 aromatic rings. The SMILES string of the molecule is CCCC[n+]1ccn(C)c1.CCCC[n+]1ccn(C)c1.N[C@@H](CCC(=O)[O-])C(=O)[O-]. The highest BCUT2D eigenvalue weighted by Gasteiger charge is 2.01. The number of nitrogens with zero attached hydrogens (tertiary/aromatic N) is 4. The number of hydrogen-bond donors (Lipinski definition) is 1. The highest BCUT2D eigenvalue weighted by molar-refractivity contribution is 5.72. The van der Waals surface area contributed by atoms with E-state index in [0.717, 1.165) is 13.1 Å². The molecule has 0 unspecified atom stereocenters. The van der Waals surface area contributed by atoms with Crippen LogP contribution in [0.4, 0.5) is 0 Å². The molecule has 2 aromatic heterocycles. The van der Waals surface area contributed by atoms with Crippen LogP contribution in [-0.4, -0.2) is 27.1 Å². The lowest BCUT2D eigenvalue weighted by Crippen LogP contribution is -2.42. The standard InChI is InChI=1S/2C8H15N2.C5H9NO4/c2*1-3-4-5-10-7-6-9(2)8-10;6-3(5(9)10)1-2-4(7)8/h2*6-8H,3-5H2,1-2H3;3H,1-2,6H2,(H,7,8)(H,9,10)/q2*+1;/p-2/t;;3-/m..0/s1. The molecular weight excluding hydrogens is 386 g/mol. The van der Waals surface area contributed by atoms with Gasteiger partial charge in [0.1, 0.15) is 24.8 Å². The number of carboxylic acid groups (broad SMARTS) is 2. The second kappa shape index (κ2) is 16.2. The van der Waals surface area contributed by atoms with Crippen LogP contribution in [0.3, 0.4) is 0 Å². The number of imidazole rings is 2. The minimum atomic E-state index is -1.44.